The number of hydrogen-bond acceptors (Lipinski definition) is 4. The third kappa shape index (κ3) is 3.54. The van der Waals surface area contributed by atoms with Crippen LogP contribution in [0.5, 0.6) is 0 Å². The predicted molar refractivity (Wildman–Crippen MR) is 93.5 cm³/mol. The molecule has 0 bridgehead atoms. The fourth-order valence-electron chi connectivity index (χ4n) is 3.07. The lowest BCUT2D eigenvalue weighted by Gasteiger charge is -2.29. The van der Waals surface area contributed by atoms with E-state index in [0.29, 0.717) is 17.7 Å². The predicted octanol–water partition coefficient (Wildman–Crippen LogP) is 2.50. The first-order valence-electron chi connectivity index (χ1n) is 8.72. The van der Waals surface area contributed by atoms with Gasteiger partial charge in [0, 0.05) is 12.2 Å². The van der Waals surface area contributed by atoms with Crippen LogP contribution in [-0.4, -0.2) is 33.1 Å². The number of rotatable bonds is 7. The van der Waals surface area contributed by atoms with Gasteiger partial charge in [0.15, 0.2) is 0 Å². The molecule has 1 aliphatic rings. The molecule has 1 N–H and O–H groups in total. The molecule has 6 heteroatoms. The summed E-state index contributed by atoms with van der Waals surface area (Å²) < 4.78 is 7.02. The van der Waals surface area contributed by atoms with Gasteiger partial charge in [0.2, 0.25) is 0 Å². The zero-order chi connectivity index (χ0) is 18.0. The molecule has 3 rings (SSSR count). The highest BCUT2D eigenvalue weighted by Gasteiger charge is 2.31. The van der Waals surface area contributed by atoms with Crippen LogP contribution in [-0.2, 0) is 6.54 Å². The number of aliphatic hydroxyl groups is 1. The quantitative estimate of drug-likeness (QED) is 0.837. The maximum Gasteiger partial charge on any atom is 0.263 e. The second kappa shape index (κ2) is 7.27. The summed E-state index contributed by atoms with van der Waals surface area (Å²) in [7, 11) is 0. The summed E-state index contributed by atoms with van der Waals surface area (Å²) >= 11 is 0. The molecule has 0 spiro atoms. The Bertz CT molecular complexity index is 786. The summed E-state index contributed by atoms with van der Waals surface area (Å²) in [6.07, 6.45) is 5.85. The van der Waals surface area contributed by atoms with Crippen LogP contribution in [0.1, 0.15) is 53.9 Å². The Kier molecular flexibility index (Phi) is 5.08. The molecule has 1 amide bonds. The number of nitrogens with zero attached hydrogens (tertiary/aromatic N) is 2. The fourth-order valence-corrected chi connectivity index (χ4v) is 3.07. The van der Waals surface area contributed by atoms with E-state index in [9.17, 15) is 14.7 Å². The Morgan fingerprint density at radius 2 is 2.20 bits per heavy atom. The normalized spacial score (nSPS) is 15.2. The zero-order valence-electron chi connectivity index (χ0n) is 14.6. The number of carbonyl (C=O) groups is 1. The largest absolute Gasteiger partial charge is 0.467 e. The van der Waals surface area contributed by atoms with Gasteiger partial charge in [-0.25, -0.2) is 0 Å². The summed E-state index contributed by atoms with van der Waals surface area (Å²) in [6, 6.07) is 5.19. The summed E-state index contributed by atoms with van der Waals surface area (Å²) in [5.74, 6) is 0.270. The summed E-state index contributed by atoms with van der Waals surface area (Å²) in [5.41, 5.74) is 0.599. The molecular weight excluding hydrogens is 320 g/mol. The number of amides is 1. The highest BCUT2D eigenvalue weighted by Crippen LogP contribution is 2.33. The third-order valence-corrected chi connectivity index (χ3v) is 4.77. The number of aliphatic hydroxyl groups excluding tert-OH is 1. The van der Waals surface area contributed by atoms with E-state index < -0.39 is 0 Å². The first kappa shape index (κ1) is 17.5. The Hall–Kier alpha value is -2.34. The van der Waals surface area contributed by atoms with Crippen molar-refractivity contribution in [3.8, 4) is 0 Å². The molecule has 1 atom stereocenters. The van der Waals surface area contributed by atoms with Crippen molar-refractivity contribution < 1.29 is 14.3 Å². The minimum atomic E-state index is -0.369. The van der Waals surface area contributed by atoms with Gasteiger partial charge in [-0.3, -0.25) is 9.59 Å². The first-order chi connectivity index (χ1) is 12.1. The van der Waals surface area contributed by atoms with Crippen molar-refractivity contribution in [2.45, 2.75) is 51.7 Å². The average molecular weight is 344 g/mol. The van der Waals surface area contributed by atoms with E-state index in [4.69, 9.17) is 4.42 Å². The lowest BCUT2D eigenvalue weighted by Crippen LogP contribution is -2.44. The van der Waals surface area contributed by atoms with E-state index in [0.717, 1.165) is 12.8 Å². The van der Waals surface area contributed by atoms with Crippen molar-refractivity contribution in [1.29, 1.82) is 0 Å². The molecule has 2 heterocycles. The van der Waals surface area contributed by atoms with Crippen LogP contribution in [0, 0.1) is 6.92 Å². The molecule has 0 radical (unpaired) electrons. The molecule has 0 aromatic carbocycles. The van der Waals surface area contributed by atoms with Crippen LogP contribution in [0.3, 0.4) is 0 Å². The maximum absolute atomic E-state index is 13.2. The number of hydrogen-bond donors (Lipinski definition) is 1. The SMILES string of the molecule is CCC(CO)N(Cc1ccco1)C(=O)c1c(C)ccn(C2CC2)c1=O. The van der Waals surface area contributed by atoms with Crippen molar-refractivity contribution in [2.24, 2.45) is 0 Å². The Morgan fingerprint density at radius 3 is 2.76 bits per heavy atom. The molecule has 6 nitrogen and oxygen atoms in total. The van der Waals surface area contributed by atoms with Gasteiger partial charge in [0.25, 0.3) is 11.5 Å². The van der Waals surface area contributed by atoms with Gasteiger partial charge in [-0.15, -0.1) is 0 Å². The van der Waals surface area contributed by atoms with Gasteiger partial charge in [-0.05, 0) is 49.9 Å². The minimum Gasteiger partial charge on any atom is -0.467 e. The van der Waals surface area contributed by atoms with Crippen molar-refractivity contribution in [1.82, 2.24) is 9.47 Å². The van der Waals surface area contributed by atoms with Gasteiger partial charge in [-0.2, -0.15) is 0 Å². The molecule has 25 heavy (non-hydrogen) atoms. The zero-order valence-corrected chi connectivity index (χ0v) is 14.6. The van der Waals surface area contributed by atoms with E-state index >= 15 is 0 Å². The van der Waals surface area contributed by atoms with Crippen molar-refractivity contribution >= 4 is 5.91 Å². The summed E-state index contributed by atoms with van der Waals surface area (Å²) in [5, 5.41) is 9.70. The van der Waals surface area contributed by atoms with E-state index in [-0.39, 0.29) is 42.3 Å². The van der Waals surface area contributed by atoms with Crippen molar-refractivity contribution in [3.05, 3.63) is 57.9 Å². The molecule has 2 aromatic rings. The van der Waals surface area contributed by atoms with E-state index in [1.54, 1.807) is 41.0 Å². The van der Waals surface area contributed by atoms with E-state index in [1.807, 2.05) is 13.0 Å². The molecule has 1 aliphatic carbocycles. The van der Waals surface area contributed by atoms with Gasteiger partial charge in [0.05, 0.1) is 25.5 Å². The van der Waals surface area contributed by atoms with Crippen LogP contribution >= 0.6 is 0 Å². The number of aryl methyl sites for hydroxylation is 1. The standard InChI is InChI=1S/C19H24N2O4/c1-3-14(12-22)21(11-16-5-4-10-25-16)19(24)17-13(2)8-9-20(18(17)23)15-6-7-15/h4-5,8-10,14-15,22H,3,6-7,11-12H2,1-2H3. The van der Waals surface area contributed by atoms with Crippen LogP contribution in [0.15, 0.2) is 39.9 Å². The van der Waals surface area contributed by atoms with Crippen LogP contribution in [0.4, 0.5) is 0 Å². The lowest BCUT2D eigenvalue weighted by atomic mass is 10.1. The highest BCUT2D eigenvalue weighted by atomic mass is 16.3. The highest BCUT2D eigenvalue weighted by molar-refractivity contribution is 5.95. The lowest BCUT2D eigenvalue weighted by molar-refractivity contribution is 0.0541. The van der Waals surface area contributed by atoms with E-state index in [2.05, 4.69) is 0 Å². The number of furan rings is 1. The number of carbonyl (C=O) groups excluding carboxylic acids is 1. The fraction of sp³-hybridized carbons (Fsp3) is 0.474. The topological polar surface area (TPSA) is 75.7 Å². The minimum absolute atomic E-state index is 0.161. The molecule has 1 fully saturated rings. The molecular formula is C19H24N2O4. The Balaban J connectivity index is 1.99. The molecule has 0 saturated heterocycles. The molecule has 1 unspecified atom stereocenters. The second-order valence-corrected chi connectivity index (χ2v) is 6.57. The molecule has 2 aromatic heterocycles. The number of aromatic nitrogens is 1. The Morgan fingerprint density at radius 1 is 1.44 bits per heavy atom. The Labute approximate surface area is 146 Å². The molecule has 1 saturated carbocycles. The third-order valence-electron chi connectivity index (χ3n) is 4.77. The molecule has 0 aliphatic heterocycles. The summed E-state index contributed by atoms with van der Waals surface area (Å²) in [6.45, 7) is 3.74. The van der Waals surface area contributed by atoms with E-state index in [1.165, 1.54) is 0 Å². The van der Waals surface area contributed by atoms with Crippen LogP contribution in [0.25, 0.3) is 0 Å². The second-order valence-electron chi connectivity index (χ2n) is 6.57. The smallest absolute Gasteiger partial charge is 0.263 e. The average Bonchev–Trinajstić information content (AvgIpc) is 3.30. The monoisotopic (exact) mass is 344 g/mol. The summed E-state index contributed by atoms with van der Waals surface area (Å²) in [4.78, 5) is 27.6. The molecule has 134 valence electrons. The van der Waals surface area contributed by atoms with Gasteiger partial charge >= 0.3 is 0 Å². The van der Waals surface area contributed by atoms with Gasteiger partial charge in [0.1, 0.15) is 11.3 Å². The van der Waals surface area contributed by atoms with Gasteiger partial charge in [-0.1, -0.05) is 6.92 Å². The van der Waals surface area contributed by atoms with Crippen molar-refractivity contribution in [2.75, 3.05) is 6.61 Å². The number of pyridine rings is 1. The van der Waals surface area contributed by atoms with Gasteiger partial charge < -0.3 is 19.0 Å². The van der Waals surface area contributed by atoms with Crippen molar-refractivity contribution in [3.63, 3.8) is 0 Å². The maximum atomic E-state index is 13.2. The first-order valence-corrected chi connectivity index (χ1v) is 8.72. The van der Waals surface area contributed by atoms with Crippen LogP contribution in [0.2, 0.25) is 0 Å². The van der Waals surface area contributed by atoms with Crippen LogP contribution < -0.4 is 5.56 Å².